The van der Waals surface area contributed by atoms with E-state index in [1.54, 1.807) is 18.2 Å². The molecule has 0 spiro atoms. The molecule has 13 heteroatoms. The van der Waals surface area contributed by atoms with Crippen molar-refractivity contribution in [3.63, 3.8) is 0 Å². The van der Waals surface area contributed by atoms with Crippen molar-refractivity contribution < 1.29 is 27.6 Å². The standard InChI is InChI=1S/C18H24N6O6S/c25-17(26)14(24-31(27,28)13-5-2-1-3-6-13)12-22-15-11-16(23-30-15)29-10-4-7-19-18-20-8-9-21-18/h1-3,5-6,11,14,22,24H,4,7-10,12H2,(H,25,26)(H2,19,20,21)/t14-/m0/s1. The van der Waals surface area contributed by atoms with Crippen LogP contribution in [0.5, 0.6) is 5.88 Å². The number of hydrogen-bond acceptors (Lipinski definition) is 10. The number of anilines is 1. The molecule has 0 unspecified atom stereocenters. The van der Waals surface area contributed by atoms with Gasteiger partial charge in [0.05, 0.1) is 24.1 Å². The second-order valence-corrected chi connectivity index (χ2v) is 8.24. The number of carbonyl (C=O) groups is 1. The van der Waals surface area contributed by atoms with Crippen molar-refractivity contribution in [3.8, 4) is 5.88 Å². The van der Waals surface area contributed by atoms with Gasteiger partial charge in [-0.1, -0.05) is 18.2 Å². The van der Waals surface area contributed by atoms with Crippen molar-refractivity contribution in [2.75, 3.05) is 38.1 Å². The summed E-state index contributed by atoms with van der Waals surface area (Å²) in [6, 6.07) is 7.56. The molecule has 31 heavy (non-hydrogen) atoms. The van der Waals surface area contributed by atoms with Crippen LogP contribution in [-0.2, 0) is 14.8 Å². The predicted octanol–water partition coefficient (Wildman–Crippen LogP) is -0.164. The lowest BCUT2D eigenvalue weighted by Crippen LogP contribution is -2.45. The van der Waals surface area contributed by atoms with E-state index in [1.807, 2.05) is 0 Å². The molecule has 2 aromatic rings. The maximum atomic E-state index is 12.3. The fraction of sp³-hybridized carbons (Fsp3) is 0.389. The lowest BCUT2D eigenvalue weighted by atomic mass is 10.3. The summed E-state index contributed by atoms with van der Waals surface area (Å²) in [6.07, 6.45) is 0.707. The molecule has 1 aromatic carbocycles. The predicted molar refractivity (Wildman–Crippen MR) is 112 cm³/mol. The van der Waals surface area contributed by atoms with E-state index in [9.17, 15) is 18.3 Å². The van der Waals surface area contributed by atoms with Gasteiger partial charge < -0.3 is 30.3 Å². The first kappa shape index (κ1) is 22.4. The number of aliphatic imine (C=N–C) groups is 1. The minimum atomic E-state index is -3.99. The van der Waals surface area contributed by atoms with Gasteiger partial charge in [-0.15, -0.1) is 0 Å². The van der Waals surface area contributed by atoms with Crippen molar-refractivity contribution in [3.05, 3.63) is 36.4 Å². The van der Waals surface area contributed by atoms with Crippen molar-refractivity contribution in [1.29, 1.82) is 0 Å². The highest BCUT2D eigenvalue weighted by Gasteiger charge is 2.25. The summed E-state index contributed by atoms with van der Waals surface area (Å²) in [5, 5.41) is 22.0. The minimum Gasteiger partial charge on any atom is -0.480 e. The summed E-state index contributed by atoms with van der Waals surface area (Å²) >= 11 is 0. The van der Waals surface area contributed by atoms with Gasteiger partial charge in [0.1, 0.15) is 6.04 Å². The molecule has 1 aliphatic heterocycles. The molecule has 168 valence electrons. The van der Waals surface area contributed by atoms with Crippen LogP contribution in [0.25, 0.3) is 0 Å². The zero-order valence-corrected chi connectivity index (χ0v) is 17.4. The minimum absolute atomic E-state index is 0.0260. The van der Waals surface area contributed by atoms with Gasteiger partial charge >= 0.3 is 5.97 Å². The fourth-order valence-electron chi connectivity index (χ4n) is 2.62. The van der Waals surface area contributed by atoms with Crippen LogP contribution in [0.15, 0.2) is 50.8 Å². The zero-order chi connectivity index (χ0) is 22.1. The van der Waals surface area contributed by atoms with Gasteiger partial charge in [0.25, 0.3) is 5.88 Å². The number of guanidine groups is 1. The number of sulfonamides is 1. The highest BCUT2D eigenvalue weighted by Crippen LogP contribution is 2.16. The summed E-state index contributed by atoms with van der Waals surface area (Å²) < 4.78 is 37.4. The highest BCUT2D eigenvalue weighted by molar-refractivity contribution is 7.89. The van der Waals surface area contributed by atoms with E-state index in [0.29, 0.717) is 19.6 Å². The lowest BCUT2D eigenvalue weighted by molar-refractivity contribution is -0.138. The Labute approximate surface area is 179 Å². The summed E-state index contributed by atoms with van der Waals surface area (Å²) in [4.78, 5) is 15.7. The molecule has 0 fully saturated rings. The Bertz CT molecular complexity index is 994. The van der Waals surface area contributed by atoms with Gasteiger partial charge in [0, 0.05) is 19.6 Å². The molecule has 5 N–H and O–H groups in total. The van der Waals surface area contributed by atoms with Gasteiger partial charge in [0.15, 0.2) is 5.96 Å². The summed E-state index contributed by atoms with van der Waals surface area (Å²) in [7, 11) is -3.99. The molecular weight excluding hydrogens is 428 g/mol. The number of carboxylic acid groups (broad SMARTS) is 1. The topological polar surface area (TPSA) is 167 Å². The third kappa shape index (κ3) is 6.86. The molecule has 1 atom stereocenters. The molecule has 12 nitrogen and oxygen atoms in total. The number of ether oxygens (including phenoxy) is 1. The van der Waals surface area contributed by atoms with Gasteiger partial charge in [-0.3, -0.25) is 9.79 Å². The first-order valence-electron chi connectivity index (χ1n) is 9.60. The fourth-order valence-corrected chi connectivity index (χ4v) is 3.83. The Kier molecular flexibility index (Phi) is 7.67. The summed E-state index contributed by atoms with van der Waals surface area (Å²) in [5.74, 6) is -0.168. The number of hydrogen-bond donors (Lipinski definition) is 5. The number of carboxylic acids is 1. The molecule has 1 aliphatic rings. The maximum absolute atomic E-state index is 12.3. The van der Waals surface area contributed by atoms with E-state index in [0.717, 1.165) is 19.0 Å². The van der Waals surface area contributed by atoms with E-state index in [1.165, 1.54) is 18.2 Å². The van der Waals surface area contributed by atoms with Crippen LogP contribution < -0.4 is 25.4 Å². The quantitative estimate of drug-likeness (QED) is 0.273. The van der Waals surface area contributed by atoms with E-state index in [4.69, 9.17) is 9.26 Å². The number of nitrogens with one attached hydrogen (secondary N) is 4. The van der Waals surface area contributed by atoms with Crippen molar-refractivity contribution in [2.24, 2.45) is 4.99 Å². The van der Waals surface area contributed by atoms with E-state index in [-0.39, 0.29) is 23.2 Å². The molecule has 0 saturated heterocycles. The molecule has 0 aliphatic carbocycles. The Morgan fingerprint density at radius 1 is 1.29 bits per heavy atom. The highest BCUT2D eigenvalue weighted by atomic mass is 32.2. The SMILES string of the molecule is O=C(O)[C@H](CNc1cc(OCCCNC2=NCCN2)no1)NS(=O)(=O)c1ccccc1. The van der Waals surface area contributed by atoms with Crippen molar-refractivity contribution in [2.45, 2.75) is 17.4 Å². The number of rotatable bonds is 12. The van der Waals surface area contributed by atoms with Gasteiger partial charge in [-0.25, -0.2) is 8.42 Å². The van der Waals surface area contributed by atoms with Gasteiger partial charge in [0.2, 0.25) is 15.9 Å². The van der Waals surface area contributed by atoms with Crippen molar-refractivity contribution >= 4 is 27.8 Å². The maximum Gasteiger partial charge on any atom is 0.323 e. The third-order valence-electron chi connectivity index (χ3n) is 4.16. The molecule has 1 aromatic heterocycles. The normalized spacial score (nSPS) is 14.4. The molecule has 0 bridgehead atoms. The van der Waals surface area contributed by atoms with Gasteiger partial charge in [-0.2, -0.15) is 4.72 Å². The molecule has 2 heterocycles. The summed E-state index contributed by atoms with van der Waals surface area (Å²) in [6.45, 7) is 2.42. The van der Waals surface area contributed by atoms with Crippen LogP contribution in [0.1, 0.15) is 6.42 Å². The number of nitrogens with zero attached hydrogens (tertiary/aromatic N) is 2. The largest absolute Gasteiger partial charge is 0.480 e. The number of benzene rings is 1. The Morgan fingerprint density at radius 3 is 2.81 bits per heavy atom. The lowest BCUT2D eigenvalue weighted by Gasteiger charge is -2.15. The van der Waals surface area contributed by atoms with Crippen LogP contribution in [0.4, 0.5) is 5.88 Å². The molecule has 3 rings (SSSR count). The van der Waals surface area contributed by atoms with E-state index < -0.39 is 22.0 Å². The Morgan fingerprint density at radius 2 is 2.10 bits per heavy atom. The van der Waals surface area contributed by atoms with Crippen LogP contribution in [0, 0.1) is 0 Å². The molecule has 0 saturated carbocycles. The van der Waals surface area contributed by atoms with E-state index in [2.05, 4.69) is 30.8 Å². The van der Waals surface area contributed by atoms with Crippen LogP contribution >= 0.6 is 0 Å². The second-order valence-electron chi connectivity index (χ2n) is 6.52. The zero-order valence-electron chi connectivity index (χ0n) is 16.6. The first-order valence-corrected chi connectivity index (χ1v) is 11.1. The average Bonchev–Trinajstić information content (AvgIpc) is 3.43. The molecule has 0 amide bonds. The number of aromatic nitrogens is 1. The molecular formula is C18H24N6O6S. The second kappa shape index (κ2) is 10.6. The third-order valence-corrected chi connectivity index (χ3v) is 5.64. The smallest absolute Gasteiger partial charge is 0.323 e. The molecule has 0 radical (unpaired) electrons. The summed E-state index contributed by atoms with van der Waals surface area (Å²) in [5.41, 5.74) is 0. The monoisotopic (exact) mass is 452 g/mol. The Balaban J connectivity index is 1.43. The van der Waals surface area contributed by atoms with Crippen LogP contribution in [0.2, 0.25) is 0 Å². The van der Waals surface area contributed by atoms with Crippen LogP contribution in [-0.4, -0.2) is 69.4 Å². The van der Waals surface area contributed by atoms with Gasteiger partial charge in [-0.05, 0) is 23.7 Å². The first-order chi connectivity index (χ1) is 14.9. The number of aliphatic carboxylic acids is 1. The van der Waals surface area contributed by atoms with Crippen LogP contribution in [0.3, 0.4) is 0 Å². The Hall–Kier alpha value is -3.32. The van der Waals surface area contributed by atoms with Crippen molar-refractivity contribution in [1.82, 2.24) is 20.5 Å². The van der Waals surface area contributed by atoms with E-state index >= 15 is 0 Å². The average molecular weight is 452 g/mol.